The Morgan fingerprint density at radius 2 is 1.78 bits per heavy atom. The number of morpholine rings is 1. The van der Waals surface area contributed by atoms with E-state index in [0.717, 1.165) is 57.8 Å². The SMILES string of the molecule is CN1CCC(CNC(=O)C(c2ccccc2)N(C)C)(N2CCOCC2)CC1. The van der Waals surface area contributed by atoms with E-state index < -0.39 is 0 Å². The first-order chi connectivity index (χ1) is 13.0. The van der Waals surface area contributed by atoms with Crippen LogP contribution >= 0.6 is 0 Å². The summed E-state index contributed by atoms with van der Waals surface area (Å²) in [4.78, 5) is 20.0. The van der Waals surface area contributed by atoms with Crippen LogP contribution in [0.2, 0.25) is 0 Å². The van der Waals surface area contributed by atoms with Crippen LogP contribution in [-0.2, 0) is 9.53 Å². The van der Waals surface area contributed by atoms with Gasteiger partial charge in [0.25, 0.3) is 0 Å². The molecule has 1 unspecified atom stereocenters. The summed E-state index contributed by atoms with van der Waals surface area (Å²) in [5.74, 6) is 0.0813. The summed E-state index contributed by atoms with van der Waals surface area (Å²) in [5, 5.41) is 3.30. The molecule has 27 heavy (non-hydrogen) atoms. The number of ether oxygens (including phenoxy) is 1. The number of likely N-dealkylation sites (N-methyl/N-ethyl adjacent to an activating group) is 1. The summed E-state index contributed by atoms with van der Waals surface area (Å²) in [5.41, 5.74) is 1.07. The van der Waals surface area contributed by atoms with Gasteiger partial charge in [-0.1, -0.05) is 30.3 Å². The number of nitrogens with one attached hydrogen (secondary N) is 1. The largest absolute Gasteiger partial charge is 0.379 e. The summed E-state index contributed by atoms with van der Waals surface area (Å²) >= 11 is 0. The van der Waals surface area contributed by atoms with Gasteiger partial charge in [-0.25, -0.2) is 0 Å². The van der Waals surface area contributed by atoms with Crippen molar-refractivity contribution >= 4 is 5.91 Å². The Kier molecular flexibility index (Phi) is 6.87. The summed E-state index contributed by atoms with van der Waals surface area (Å²) < 4.78 is 5.56. The third kappa shape index (κ3) is 4.88. The van der Waals surface area contributed by atoms with Gasteiger partial charge in [0, 0.05) is 25.2 Å². The van der Waals surface area contributed by atoms with Gasteiger partial charge in [0.05, 0.1) is 13.2 Å². The maximum Gasteiger partial charge on any atom is 0.242 e. The number of likely N-dealkylation sites (tertiary alicyclic amines) is 1. The molecule has 1 N–H and O–H groups in total. The van der Waals surface area contributed by atoms with Crippen LogP contribution in [0.5, 0.6) is 0 Å². The molecule has 1 amide bonds. The molecule has 150 valence electrons. The summed E-state index contributed by atoms with van der Waals surface area (Å²) in [6.45, 7) is 6.33. The Bertz CT molecular complexity index is 593. The second-order valence-corrected chi connectivity index (χ2v) is 8.12. The standard InChI is InChI=1S/C21H34N4O2/c1-23(2)19(18-7-5-4-6-8-18)20(26)22-17-21(9-11-24(3)12-10-21)25-13-15-27-16-14-25/h4-8,19H,9-17H2,1-3H3,(H,22,26). The first kappa shape index (κ1) is 20.3. The molecular formula is C21H34N4O2. The number of amides is 1. The molecule has 2 aliphatic heterocycles. The zero-order valence-corrected chi connectivity index (χ0v) is 17.0. The van der Waals surface area contributed by atoms with Crippen molar-refractivity contribution in [3.63, 3.8) is 0 Å². The second kappa shape index (κ2) is 9.15. The minimum atomic E-state index is -0.265. The number of carbonyl (C=O) groups is 1. The van der Waals surface area contributed by atoms with E-state index in [1.807, 2.05) is 49.3 Å². The quantitative estimate of drug-likeness (QED) is 0.811. The van der Waals surface area contributed by atoms with Gasteiger partial charge in [-0.3, -0.25) is 14.6 Å². The van der Waals surface area contributed by atoms with Crippen LogP contribution in [0.1, 0.15) is 24.4 Å². The molecule has 0 aliphatic carbocycles. The summed E-state index contributed by atoms with van der Waals surface area (Å²) in [7, 11) is 6.11. The molecule has 0 saturated carbocycles. The van der Waals surface area contributed by atoms with E-state index in [2.05, 4.69) is 22.2 Å². The molecule has 2 fully saturated rings. The lowest BCUT2D eigenvalue weighted by Gasteiger charge is -2.50. The van der Waals surface area contributed by atoms with Crippen LogP contribution in [0, 0.1) is 0 Å². The zero-order chi connectivity index (χ0) is 19.3. The Hall–Kier alpha value is -1.47. The monoisotopic (exact) mass is 374 g/mol. The number of rotatable bonds is 6. The first-order valence-electron chi connectivity index (χ1n) is 10.0. The van der Waals surface area contributed by atoms with E-state index in [-0.39, 0.29) is 17.5 Å². The molecule has 1 atom stereocenters. The topological polar surface area (TPSA) is 48.1 Å². The fourth-order valence-corrected chi connectivity index (χ4v) is 4.34. The lowest BCUT2D eigenvalue weighted by atomic mass is 9.85. The molecule has 0 radical (unpaired) electrons. The molecule has 2 heterocycles. The lowest BCUT2D eigenvalue weighted by Crippen LogP contribution is -2.63. The van der Waals surface area contributed by atoms with Crippen LogP contribution < -0.4 is 5.32 Å². The number of hydrogen-bond donors (Lipinski definition) is 1. The molecular weight excluding hydrogens is 340 g/mol. The van der Waals surface area contributed by atoms with Gasteiger partial charge in [-0.05, 0) is 52.6 Å². The van der Waals surface area contributed by atoms with Gasteiger partial charge < -0.3 is 15.0 Å². The van der Waals surface area contributed by atoms with Crippen molar-refractivity contribution in [2.45, 2.75) is 24.4 Å². The molecule has 1 aromatic rings. The Labute approximate surface area is 163 Å². The van der Waals surface area contributed by atoms with Gasteiger partial charge in [0.1, 0.15) is 6.04 Å². The van der Waals surface area contributed by atoms with Crippen molar-refractivity contribution in [3.8, 4) is 0 Å². The minimum absolute atomic E-state index is 0.0412. The third-order valence-corrected chi connectivity index (χ3v) is 6.07. The number of hydrogen-bond acceptors (Lipinski definition) is 5. The van der Waals surface area contributed by atoms with E-state index in [1.54, 1.807) is 0 Å². The highest BCUT2D eigenvalue weighted by molar-refractivity contribution is 5.83. The van der Waals surface area contributed by atoms with E-state index in [4.69, 9.17) is 4.74 Å². The average Bonchev–Trinajstić information content (AvgIpc) is 2.69. The maximum atomic E-state index is 13.1. The van der Waals surface area contributed by atoms with Gasteiger partial charge in [0.15, 0.2) is 0 Å². The third-order valence-electron chi connectivity index (χ3n) is 6.07. The first-order valence-corrected chi connectivity index (χ1v) is 10.0. The highest BCUT2D eigenvalue weighted by Crippen LogP contribution is 2.29. The molecule has 3 rings (SSSR count). The van der Waals surface area contributed by atoms with E-state index in [9.17, 15) is 4.79 Å². The lowest BCUT2D eigenvalue weighted by molar-refractivity contribution is -0.127. The van der Waals surface area contributed by atoms with E-state index in [1.165, 1.54) is 0 Å². The number of nitrogens with zero attached hydrogens (tertiary/aromatic N) is 3. The maximum absolute atomic E-state index is 13.1. The molecule has 2 saturated heterocycles. The molecule has 2 aliphatic rings. The van der Waals surface area contributed by atoms with Crippen LogP contribution in [-0.4, -0.2) is 93.2 Å². The number of carbonyl (C=O) groups excluding carboxylic acids is 1. The van der Waals surface area contributed by atoms with Crippen LogP contribution in [0.4, 0.5) is 0 Å². The highest BCUT2D eigenvalue weighted by Gasteiger charge is 2.40. The fourth-order valence-electron chi connectivity index (χ4n) is 4.34. The average molecular weight is 375 g/mol. The predicted molar refractivity (Wildman–Crippen MR) is 108 cm³/mol. The normalized spacial score (nSPS) is 22.5. The van der Waals surface area contributed by atoms with Crippen molar-refractivity contribution in [1.29, 1.82) is 0 Å². The summed E-state index contributed by atoms with van der Waals surface area (Å²) in [6, 6.07) is 9.76. The van der Waals surface area contributed by atoms with Crippen molar-refractivity contribution in [1.82, 2.24) is 20.0 Å². The van der Waals surface area contributed by atoms with Crippen LogP contribution in [0.15, 0.2) is 30.3 Å². The van der Waals surface area contributed by atoms with E-state index in [0.29, 0.717) is 6.54 Å². The molecule has 6 nitrogen and oxygen atoms in total. The molecule has 0 bridgehead atoms. The van der Waals surface area contributed by atoms with Crippen LogP contribution in [0.25, 0.3) is 0 Å². The molecule has 0 aromatic heterocycles. The van der Waals surface area contributed by atoms with Gasteiger partial charge in [0.2, 0.25) is 5.91 Å². The molecule has 0 spiro atoms. The Morgan fingerprint density at radius 1 is 1.15 bits per heavy atom. The summed E-state index contributed by atoms with van der Waals surface area (Å²) in [6.07, 6.45) is 2.17. The Morgan fingerprint density at radius 3 is 2.37 bits per heavy atom. The molecule has 6 heteroatoms. The van der Waals surface area contributed by atoms with E-state index >= 15 is 0 Å². The minimum Gasteiger partial charge on any atom is -0.379 e. The highest BCUT2D eigenvalue weighted by atomic mass is 16.5. The molecule has 1 aromatic carbocycles. The fraction of sp³-hybridized carbons (Fsp3) is 0.667. The van der Waals surface area contributed by atoms with Crippen molar-refractivity contribution in [2.24, 2.45) is 0 Å². The zero-order valence-electron chi connectivity index (χ0n) is 17.0. The van der Waals surface area contributed by atoms with Crippen LogP contribution in [0.3, 0.4) is 0 Å². The predicted octanol–water partition coefficient (Wildman–Crippen LogP) is 1.20. The second-order valence-electron chi connectivity index (χ2n) is 8.12. The number of benzene rings is 1. The van der Waals surface area contributed by atoms with Gasteiger partial charge in [-0.15, -0.1) is 0 Å². The van der Waals surface area contributed by atoms with Gasteiger partial charge in [-0.2, -0.15) is 0 Å². The van der Waals surface area contributed by atoms with Crippen molar-refractivity contribution in [3.05, 3.63) is 35.9 Å². The van der Waals surface area contributed by atoms with Crippen molar-refractivity contribution < 1.29 is 9.53 Å². The van der Waals surface area contributed by atoms with Crippen molar-refractivity contribution in [2.75, 3.05) is 67.1 Å². The Balaban J connectivity index is 1.71. The van der Waals surface area contributed by atoms with Gasteiger partial charge >= 0.3 is 0 Å². The number of piperidine rings is 1. The smallest absolute Gasteiger partial charge is 0.242 e.